The number of methoxy groups -OCH3 is 6. The molecule has 2 heterocycles. The first-order chi connectivity index (χ1) is 25.7. The van der Waals surface area contributed by atoms with E-state index < -0.39 is 0 Å². The van der Waals surface area contributed by atoms with Crippen molar-refractivity contribution in [3.8, 4) is 34.5 Å². The van der Waals surface area contributed by atoms with Crippen molar-refractivity contribution in [2.75, 3.05) is 69.1 Å². The summed E-state index contributed by atoms with van der Waals surface area (Å²) in [5.74, 6) is 4.80. The van der Waals surface area contributed by atoms with Gasteiger partial charge < -0.3 is 54.7 Å². The van der Waals surface area contributed by atoms with Crippen LogP contribution in [-0.4, -0.2) is 75.4 Å². The number of halogens is 1. The summed E-state index contributed by atoms with van der Waals surface area (Å²) in [5.41, 5.74) is 0. The molecular weight excluding hydrogens is 758 g/mol. The van der Waals surface area contributed by atoms with Crippen LogP contribution in [0.5, 0.6) is 34.5 Å². The normalized spacial score (nSPS) is 11.5. The predicted molar refractivity (Wildman–Crippen MR) is 217 cm³/mol. The average Bonchev–Trinajstić information content (AvgIpc) is 3.98. The molecule has 4 aromatic carbocycles. The Morgan fingerprint density at radius 3 is 1.11 bits per heavy atom. The van der Waals surface area contributed by atoms with Gasteiger partial charge in [-0.1, -0.05) is 13.3 Å². The molecule has 0 N–H and O–H groups in total. The van der Waals surface area contributed by atoms with Gasteiger partial charge in [0.05, 0.1) is 47.1 Å². The third kappa shape index (κ3) is 21.8. The van der Waals surface area contributed by atoms with Crippen LogP contribution in [0.25, 0.3) is 21.5 Å². The van der Waals surface area contributed by atoms with Crippen LogP contribution >= 0.6 is 15.9 Å². The predicted octanol–water partition coefficient (Wildman–Crippen LogP) is 3.41. The van der Waals surface area contributed by atoms with Crippen molar-refractivity contribution in [3.05, 3.63) is 78.8 Å². The summed E-state index contributed by atoms with van der Waals surface area (Å²) in [4.78, 5) is 8.81. The van der Waals surface area contributed by atoms with E-state index in [0.717, 1.165) is 99.6 Å². The molecule has 0 amide bonds. The summed E-state index contributed by atoms with van der Waals surface area (Å²) < 4.78 is 42.8. The molecule has 0 radical (unpaired) electrons. The molecule has 0 unspecified atom stereocenters. The van der Waals surface area contributed by atoms with Gasteiger partial charge in [0.2, 0.25) is 0 Å². The first-order valence-corrected chi connectivity index (χ1v) is 18.2. The van der Waals surface area contributed by atoms with Crippen molar-refractivity contribution in [3.63, 3.8) is 0 Å². The number of hydrogen-bond acceptors (Lipinski definition) is 10. The maximum absolute atomic E-state index is 8.81. The topological polar surface area (TPSA) is 114 Å². The Hall–Kier alpha value is -3.00. The average molecular weight is 818 g/mol. The van der Waals surface area contributed by atoms with Gasteiger partial charge in [0, 0.05) is 48.0 Å². The molecule has 6 rings (SSSR count). The fourth-order valence-corrected chi connectivity index (χ4v) is 5.10. The van der Waals surface area contributed by atoms with E-state index in [1.165, 1.54) is 39.0 Å². The molecule has 4 aromatic rings. The zero-order valence-electron chi connectivity index (χ0n) is 34.8. The van der Waals surface area contributed by atoms with Crippen molar-refractivity contribution in [2.24, 2.45) is 0 Å². The van der Waals surface area contributed by atoms with Gasteiger partial charge in [-0.15, -0.1) is 6.58 Å². The molecule has 2 aliphatic heterocycles. The Morgan fingerprint density at radius 1 is 0.655 bits per heavy atom. The van der Waals surface area contributed by atoms with E-state index in [2.05, 4.69) is 36.4 Å². The maximum Gasteiger partial charge on any atom is 1.00 e. The third-order valence-corrected chi connectivity index (χ3v) is 7.86. The Morgan fingerprint density at radius 2 is 0.927 bits per heavy atom. The fraction of sp³-hybridized carbons (Fsp3) is 0.429. The number of unbranched alkanes of at least 4 members (excludes halogenated alkanes) is 1. The zero-order chi connectivity index (χ0) is 39.9. The van der Waals surface area contributed by atoms with Crippen LogP contribution in [0.15, 0.2) is 71.9 Å². The summed E-state index contributed by atoms with van der Waals surface area (Å²) in [7, 11) is 9.91. The van der Waals surface area contributed by atoms with E-state index in [0.29, 0.717) is 6.26 Å². The summed E-state index contributed by atoms with van der Waals surface area (Å²) >= 11 is 3.34. The molecule has 0 bridgehead atoms. The number of benzene rings is 4. The maximum atomic E-state index is 8.81. The first kappa shape index (κ1) is 56.3. The quantitative estimate of drug-likeness (QED) is 0.0905. The van der Waals surface area contributed by atoms with Gasteiger partial charge in [0.1, 0.15) is 40.8 Å². The second-order valence-electron chi connectivity index (χ2n) is 10.8. The Balaban J connectivity index is -0.000000683. The van der Waals surface area contributed by atoms with Crippen LogP contribution in [0.4, 0.5) is 0 Å². The molecule has 10 nitrogen and oxygen atoms in total. The Labute approximate surface area is 362 Å². The first-order valence-electron chi connectivity index (χ1n) is 17.4. The van der Waals surface area contributed by atoms with Gasteiger partial charge in [0.15, 0.2) is 0 Å². The summed E-state index contributed by atoms with van der Waals surface area (Å²) in [6.45, 7) is 14.0. The number of aldehydes is 1. The van der Waals surface area contributed by atoms with Gasteiger partial charge in [0.25, 0.3) is 0 Å². The standard InChI is InChI=1S/C18H18O4.C8H9BrO2.2C4H8O.C4H9.2C2H4O.2Li/c1-19-15-5-6-16(20-2)12-10-14-13(9-11(12)15)17(21-3)7-8-18(14)22-4;1-10-6-3-4-8(11-2)7(9)5-6;2*1-2-4-5-3-1;1-3-4-2;2*1-2-3;;/h5-10H,1-4H3;3-5H,1-2H3;2*1-4H2;1,3-4H2,2H3;2H,1H3;2-3H,1H2;;/q;;;;-1;;;2*+1/p-1. The van der Waals surface area contributed by atoms with Gasteiger partial charge in [-0.25, -0.2) is 0 Å². The summed E-state index contributed by atoms with van der Waals surface area (Å²) in [5, 5.41) is 12.6. The number of fused-ring (bicyclic) bond motifs is 2. The second kappa shape index (κ2) is 36.6. The Bertz CT molecular complexity index is 1390. The molecule has 0 spiro atoms. The molecule has 13 heteroatoms. The van der Waals surface area contributed by atoms with Crippen LogP contribution < -0.4 is 71.2 Å². The van der Waals surface area contributed by atoms with E-state index in [9.17, 15) is 0 Å². The van der Waals surface area contributed by atoms with E-state index >= 15 is 0 Å². The number of carbonyl (C=O) groups excluding carboxylic acids is 1. The Kier molecular flexibility index (Phi) is 37.5. The molecule has 296 valence electrons. The van der Waals surface area contributed by atoms with Crippen molar-refractivity contribution in [1.29, 1.82) is 0 Å². The van der Waals surface area contributed by atoms with Crippen molar-refractivity contribution < 1.29 is 85.5 Å². The fourth-order valence-electron chi connectivity index (χ4n) is 4.58. The zero-order valence-corrected chi connectivity index (χ0v) is 36.4. The van der Waals surface area contributed by atoms with Gasteiger partial charge in [-0.05, 0) is 103 Å². The molecule has 2 fully saturated rings. The van der Waals surface area contributed by atoms with Gasteiger partial charge >= 0.3 is 37.7 Å². The number of hydrogen-bond donors (Lipinski definition) is 0. The summed E-state index contributed by atoms with van der Waals surface area (Å²) in [6, 6.07) is 17.3. The van der Waals surface area contributed by atoms with Crippen molar-refractivity contribution in [1.82, 2.24) is 0 Å². The minimum atomic E-state index is 0. The van der Waals surface area contributed by atoms with Gasteiger partial charge in [-0.3, -0.25) is 0 Å². The molecule has 0 saturated carbocycles. The minimum absolute atomic E-state index is 0. The summed E-state index contributed by atoms with van der Waals surface area (Å²) in [6.07, 6.45) is 8.64. The van der Waals surface area contributed by atoms with Crippen LogP contribution in [0.3, 0.4) is 0 Å². The van der Waals surface area contributed by atoms with Crippen LogP contribution in [0, 0.1) is 6.92 Å². The third-order valence-electron chi connectivity index (χ3n) is 7.24. The second-order valence-corrected chi connectivity index (χ2v) is 11.6. The van der Waals surface area contributed by atoms with E-state index in [-0.39, 0.29) is 37.7 Å². The molecule has 0 aromatic heterocycles. The number of carbonyl (C=O) groups is 1. The smallest absolute Gasteiger partial charge is 0.878 e. The molecule has 2 saturated heterocycles. The number of rotatable bonds is 7. The molecular formula is C42H59BrLi2O10. The SMILES string of the molecule is C1CCOC1.C1CCOC1.C=C[O-].CC=O.COc1ccc(OC)c(Br)c1.COc1ccc(OC)c2cc3c(OC)ccc(OC)c3cc12.[CH2-]CCC.[Li+].[Li+]. The minimum Gasteiger partial charge on any atom is -0.878 e. The monoisotopic (exact) mass is 816 g/mol. The van der Waals surface area contributed by atoms with Crippen LogP contribution in [0.1, 0.15) is 52.4 Å². The largest absolute Gasteiger partial charge is 1.00 e. The van der Waals surface area contributed by atoms with Crippen molar-refractivity contribution in [2.45, 2.75) is 52.4 Å². The molecule has 0 atom stereocenters. The number of ether oxygens (including phenoxy) is 8. The molecule has 0 aliphatic carbocycles. The van der Waals surface area contributed by atoms with Gasteiger partial charge in [-0.2, -0.15) is 12.7 Å². The van der Waals surface area contributed by atoms with E-state index in [1.807, 2.05) is 54.6 Å². The van der Waals surface area contributed by atoms with Crippen LogP contribution in [0.2, 0.25) is 0 Å². The van der Waals surface area contributed by atoms with E-state index in [1.54, 1.807) is 42.7 Å². The van der Waals surface area contributed by atoms with Crippen LogP contribution in [-0.2, 0) is 14.3 Å². The molecule has 2 aliphatic rings. The van der Waals surface area contributed by atoms with Crippen molar-refractivity contribution >= 4 is 43.8 Å². The molecule has 55 heavy (non-hydrogen) atoms. The van der Waals surface area contributed by atoms with E-state index in [4.69, 9.17) is 47.8 Å².